The molecule has 0 bridgehead atoms. The summed E-state index contributed by atoms with van der Waals surface area (Å²) < 4.78 is 0. The molecule has 330 valence electrons. The van der Waals surface area contributed by atoms with E-state index in [0.717, 1.165) is 17.1 Å². The molecular weight excluding hydrogens is 855 g/mol. The summed E-state index contributed by atoms with van der Waals surface area (Å²) >= 11 is 0. The largest absolute Gasteiger partial charge is 0.310 e. The summed E-state index contributed by atoms with van der Waals surface area (Å²) in [6.45, 7) is 0. The molecule has 3 aliphatic carbocycles. The van der Waals surface area contributed by atoms with E-state index in [2.05, 4.69) is 278 Å². The molecule has 1 unspecified atom stereocenters. The third kappa shape index (κ3) is 5.46. The van der Waals surface area contributed by atoms with Crippen molar-refractivity contribution in [1.29, 1.82) is 0 Å². The van der Waals surface area contributed by atoms with Crippen molar-refractivity contribution in [2.75, 3.05) is 4.90 Å². The fourth-order valence-electron chi connectivity index (χ4n) is 13.3. The summed E-state index contributed by atoms with van der Waals surface area (Å²) in [7, 11) is 0. The van der Waals surface area contributed by atoms with Crippen LogP contribution in [0.25, 0.3) is 66.1 Å². The summed E-state index contributed by atoms with van der Waals surface area (Å²) in [4.78, 5) is 2.52. The number of hydrogen-bond donors (Lipinski definition) is 0. The third-order valence-corrected chi connectivity index (χ3v) is 16.1. The Morgan fingerprint density at radius 2 is 0.648 bits per heavy atom. The van der Waals surface area contributed by atoms with Crippen molar-refractivity contribution >= 4 is 38.6 Å². The summed E-state index contributed by atoms with van der Waals surface area (Å²) in [5, 5.41) is 5.00. The molecule has 0 fully saturated rings. The summed E-state index contributed by atoms with van der Waals surface area (Å²) in [6, 6.07) is 103. The van der Waals surface area contributed by atoms with Crippen molar-refractivity contribution in [3.8, 4) is 44.5 Å². The van der Waals surface area contributed by atoms with Gasteiger partial charge in [-0.15, -0.1) is 0 Å². The van der Waals surface area contributed by atoms with Crippen LogP contribution >= 0.6 is 0 Å². The van der Waals surface area contributed by atoms with Crippen LogP contribution in [0, 0.1) is 0 Å². The second-order valence-electron chi connectivity index (χ2n) is 19.5. The molecule has 0 N–H and O–H groups in total. The van der Waals surface area contributed by atoms with Crippen molar-refractivity contribution < 1.29 is 0 Å². The summed E-state index contributed by atoms with van der Waals surface area (Å²) in [6.07, 6.45) is 0. The fourth-order valence-corrected chi connectivity index (χ4v) is 13.3. The van der Waals surface area contributed by atoms with Gasteiger partial charge in [0.1, 0.15) is 0 Å². The fraction of sp³-hybridized carbons (Fsp3) is 0.0286. The molecule has 1 heteroatoms. The molecule has 0 aliphatic heterocycles. The lowest BCUT2D eigenvalue weighted by molar-refractivity contribution is 0.768. The Balaban J connectivity index is 1.04. The molecule has 0 aromatic heterocycles. The van der Waals surface area contributed by atoms with E-state index in [1.165, 1.54) is 111 Å². The van der Waals surface area contributed by atoms with Crippen molar-refractivity contribution in [2.24, 2.45) is 0 Å². The van der Waals surface area contributed by atoms with Gasteiger partial charge in [0, 0.05) is 17.1 Å². The van der Waals surface area contributed by atoms with E-state index in [0.29, 0.717) is 0 Å². The van der Waals surface area contributed by atoms with Crippen molar-refractivity contribution in [2.45, 2.75) is 10.8 Å². The van der Waals surface area contributed by atoms with Crippen LogP contribution in [0.5, 0.6) is 0 Å². The van der Waals surface area contributed by atoms with Crippen molar-refractivity contribution in [3.63, 3.8) is 0 Å². The highest BCUT2D eigenvalue weighted by molar-refractivity contribution is 6.10. The quantitative estimate of drug-likeness (QED) is 0.161. The number of benzene rings is 12. The smallest absolute Gasteiger partial charge is 0.0732 e. The van der Waals surface area contributed by atoms with E-state index in [4.69, 9.17) is 0 Å². The Morgan fingerprint density at radius 1 is 0.239 bits per heavy atom. The van der Waals surface area contributed by atoms with Gasteiger partial charge in [-0.1, -0.05) is 237 Å². The summed E-state index contributed by atoms with van der Waals surface area (Å²) in [5.74, 6) is 0. The first kappa shape index (κ1) is 39.9. The molecule has 1 nitrogen and oxygen atoms in total. The highest BCUT2D eigenvalue weighted by Crippen LogP contribution is 2.64. The number of nitrogens with zero attached hydrogens (tertiary/aromatic N) is 1. The zero-order valence-corrected chi connectivity index (χ0v) is 38.9. The molecule has 1 spiro atoms. The highest BCUT2D eigenvalue weighted by atomic mass is 15.1. The Morgan fingerprint density at radius 3 is 1.27 bits per heavy atom. The summed E-state index contributed by atoms with van der Waals surface area (Å²) in [5.41, 5.74) is 22.6. The number of fused-ring (bicyclic) bond motifs is 13. The minimum atomic E-state index is -0.637. The molecular formula is C70H45N. The average Bonchev–Trinajstić information content (AvgIpc) is 3.91. The van der Waals surface area contributed by atoms with Crippen molar-refractivity contribution in [1.82, 2.24) is 0 Å². The molecule has 0 saturated heterocycles. The Hall–Kier alpha value is -9.04. The molecule has 1 atom stereocenters. The first-order valence-electron chi connectivity index (χ1n) is 24.8. The average molecular weight is 900 g/mol. The minimum absolute atomic E-state index is 0.547. The van der Waals surface area contributed by atoms with E-state index in [1.54, 1.807) is 0 Å². The van der Waals surface area contributed by atoms with Gasteiger partial charge in [0.15, 0.2) is 0 Å². The predicted molar refractivity (Wildman–Crippen MR) is 295 cm³/mol. The predicted octanol–water partition coefficient (Wildman–Crippen LogP) is 17.8. The van der Waals surface area contributed by atoms with Gasteiger partial charge in [-0.2, -0.15) is 0 Å². The van der Waals surface area contributed by atoms with Crippen LogP contribution in [0.15, 0.2) is 273 Å². The lowest BCUT2D eigenvalue weighted by Crippen LogP contribution is -2.32. The van der Waals surface area contributed by atoms with Gasteiger partial charge in [-0.25, -0.2) is 0 Å². The van der Waals surface area contributed by atoms with Gasteiger partial charge in [0.05, 0.1) is 10.8 Å². The Bertz CT molecular complexity index is 4070. The van der Waals surface area contributed by atoms with Crippen LogP contribution in [0.4, 0.5) is 17.1 Å². The molecule has 0 heterocycles. The van der Waals surface area contributed by atoms with Crippen molar-refractivity contribution in [3.05, 3.63) is 317 Å². The monoisotopic (exact) mass is 899 g/mol. The van der Waals surface area contributed by atoms with Gasteiger partial charge in [0.2, 0.25) is 0 Å². The lowest BCUT2D eigenvalue weighted by atomic mass is 9.60. The van der Waals surface area contributed by atoms with E-state index in [-0.39, 0.29) is 0 Å². The normalized spacial score (nSPS) is 15.2. The maximum Gasteiger partial charge on any atom is 0.0732 e. The molecule has 0 amide bonds. The van der Waals surface area contributed by atoms with E-state index in [9.17, 15) is 0 Å². The first-order valence-corrected chi connectivity index (χ1v) is 24.8. The minimum Gasteiger partial charge on any atom is -0.310 e. The zero-order valence-electron chi connectivity index (χ0n) is 38.9. The van der Waals surface area contributed by atoms with Gasteiger partial charge in [-0.05, 0) is 147 Å². The van der Waals surface area contributed by atoms with Gasteiger partial charge >= 0.3 is 0 Å². The SMILES string of the molecule is c1ccc(-c2ccc3cccc4c3c2C2(c3ccccc3-c3ccc(N(c5ccc6c(c5)C(c5ccccc5)(c5ccccc5)c5ccccc5-6)c5ccc6ccccc6c5)cc32)c2ccccc2-4)cc1. The van der Waals surface area contributed by atoms with Crippen LogP contribution in [-0.2, 0) is 10.8 Å². The maximum absolute atomic E-state index is 2.55. The van der Waals surface area contributed by atoms with Crippen LogP contribution < -0.4 is 4.90 Å². The molecule has 3 aliphatic rings. The highest BCUT2D eigenvalue weighted by Gasteiger charge is 2.52. The standard InChI is InChI=1S/C70H45N/c1-4-20-47(21-5-1)55-40-36-48-23-18-31-61-58-30-14-17-34-64(58)70(68(55)67(48)61)63-33-16-13-29-57(63)60-42-39-54(45-66(60)70)71(52-37-35-46-19-10-11-22-49(46)43-52)53-38-41-59-56-28-12-15-32-62(56)69(65(59)44-53,50-24-6-2-7-25-50)51-26-8-3-9-27-51/h1-45H. The molecule has 12 aromatic rings. The molecule has 12 aromatic carbocycles. The topological polar surface area (TPSA) is 3.24 Å². The third-order valence-electron chi connectivity index (χ3n) is 16.1. The maximum atomic E-state index is 2.55. The van der Waals surface area contributed by atoms with Crippen LogP contribution in [0.2, 0.25) is 0 Å². The van der Waals surface area contributed by atoms with Crippen LogP contribution in [0.3, 0.4) is 0 Å². The number of anilines is 3. The molecule has 0 radical (unpaired) electrons. The number of rotatable bonds is 6. The van der Waals surface area contributed by atoms with E-state index < -0.39 is 10.8 Å². The Labute approximate surface area is 414 Å². The van der Waals surface area contributed by atoms with Crippen LogP contribution in [-0.4, -0.2) is 0 Å². The first-order chi connectivity index (χ1) is 35.2. The van der Waals surface area contributed by atoms with Gasteiger partial charge in [-0.3, -0.25) is 0 Å². The molecule has 0 saturated carbocycles. The second kappa shape index (κ2) is 15.2. The van der Waals surface area contributed by atoms with Crippen LogP contribution in [0.1, 0.15) is 44.5 Å². The van der Waals surface area contributed by atoms with E-state index >= 15 is 0 Å². The van der Waals surface area contributed by atoms with E-state index in [1.807, 2.05) is 0 Å². The van der Waals surface area contributed by atoms with Gasteiger partial charge in [0.25, 0.3) is 0 Å². The second-order valence-corrected chi connectivity index (χ2v) is 19.5. The molecule has 15 rings (SSSR count). The zero-order chi connectivity index (χ0) is 46.7. The lowest BCUT2D eigenvalue weighted by Gasteiger charge is -2.41. The number of hydrogen-bond acceptors (Lipinski definition) is 1. The Kier molecular flexibility index (Phi) is 8.56. The molecule has 71 heavy (non-hydrogen) atoms. The van der Waals surface area contributed by atoms with Gasteiger partial charge < -0.3 is 4.90 Å².